The first kappa shape index (κ1) is 17.6. The van der Waals surface area contributed by atoms with Crippen molar-refractivity contribution in [3.05, 3.63) is 65.9 Å². The number of hydrogen-bond donors (Lipinski definition) is 2. The van der Waals surface area contributed by atoms with Gasteiger partial charge in [-0.2, -0.15) is 0 Å². The van der Waals surface area contributed by atoms with Gasteiger partial charge in [0.25, 0.3) is 0 Å². The van der Waals surface area contributed by atoms with Gasteiger partial charge in [0, 0.05) is 17.8 Å². The summed E-state index contributed by atoms with van der Waals surface area (Å²) in [4.78, 5) is 4.28. The van der Waals surface area contributed by atoms with Crippen LogP contribution in [0, 0.1) is 6.92 Å². The van der Waals surface area contributed by atoms with Gasteiger partial charge in [0.1, 0.15) is 17.3 Å². The Morgan fingerprint density at radius 3 is 2.58 bits per heavy atom. The van der Waals surface area contributed by atoms with Gasteiger partial charge in [-0.1, -0.05) is 18.2 Å². The number of pyridine rings is 1. The first-order valence-electron chi connectivity index (χ1n) is 8.39. The third kappa shape index (κ3) is 3.88. The fraction of sp³-hybridized carbons (Fsp3) is 0.190. The number of ether oxygens (including phenoxy) is 2. The van der Waals surface area contributed by atoms with E-state index < -0.39 is 0 Å². The molecule has 0 aliphatic rings. The van der Waals surface area contributed by atoms with Crippen molar-refractivity contribution in [1.29, 1.82) is 0 Å². The number of anilines is 2. The molecular weight excluding hydrogens is 326 g/mol. The fourth-order valence-electron chi connectivity index (χ4n) is 2.80. The summed E-state index contributed by atoms with van der Waals surface area (Å²) in [5.41, 5.74) is 10.9. The standard InChI is InChI=1S/C21H23N3O2/c1-14-7-9-19(21(22)24-14)23-13-15-8-10-20(26-3)18(11-15)16-5-4-6-17(12-16)25-2/h4-12,23H,13H2,1-3H3,(H2,22,24). The number of nitrogen functional groups attached to an aromatic ring is 1. The molecule has 0 saturated heterocycles. The molecule has 0 atom stereocenters. The van der Waals surface area contributed by atoms with Gasteiger partial charge in [-0.25, -0.2) is 4.98 Å². The number of hydrogen-bond acceptors (Lipinski definition) is 5. The Morgan fingerprint density at radius 2 is 1.85 bits per heavy atom. The molecule has 0 aliphatic heterocycles. The normalized spacial score (nSPS) is 10.4. The van der Waals surface area contributed by atoms with Gasteiger partial charge in [-0.3, -0.25) is 0 Å². The Labute approximate surface area is 153 Å². The van der Waals surface area contributed by atoms with Crippen molar-refractivity contribution in [2.24, 2.45) is 0 Å². The average Bonchev–Trinajstić information content (AvgIpc) is 2.67. The van der Waals surface area contributed by atoms with E-state index in [2.05, 4.69) is 16.4 Å². The maximum atomic E-state index is 5.98. The minimum atomic E-state index is 0.506. The molecule has 134 valence electrons. The van der Waals surface area contributed by atoms with Crippen molar-refractivity contribution in [3.63, 3.8) is 0 Å². The molecule has 0 unspecified atom stereocenters. The monoisotopic (exact) mass is 349 g/mol. The van der Waals surface area contributed by atoms with Gasteiger partial charge in [-0.15, -0.1) is 0 Å². The highest BCUT2D eigenvalue weighted by Crippen LogP contribution is 2.33. The van der Waals surface area contributed by atoms with Gasteiger partial charge in [-0.05, 0) is 54.4 Å². The third-order valence-electron chi connectivity index (χ3n) is 4.19. The highest BCUT2D eigenvalue weighted by Gasteiger charge is 2.09. The Kier molecular flexibility index (Phi) is 5.27. The van der Waals surface area contributed by atoms with Crippen LogP contribution in [0.3, 0.4) is 0 Å². The van der Waals surface area contributed by atoms with Gasteiger partial charge in [0.2, 0.25) is 0 Å². The second kappa shape index (κ2) is 7.78. The van der Waals surface area contributed by atoms with Gasteiger partial charge in [0.05, 0.1) is 19.9 Å². The van der Waals surface area contributed by atoms with E-state index in [0.29, 0.717) is 12.4 Å². The molecule has 5 heteroatoms. The first-order valence-corrected chi connectivity index (χ1v) is 8.39. The molecule has 1 aromatic heterocycles. The van der Waals surface area contributed by atoms with Crippen LogP contribution in [-0.4, -0.2) is 19.2 Å². The van der Waals surface area contributed by atoms with Crippen LogP contribution in [0.1, 0.15) is 11.3 Å². The summed E-state index contributed by atoms with van der Waals surface area (Å²) < 4.78 is 10.9. The van der Waals surface area contributed by atoms with Crippen LogP contribution in [0.5, 0.6) is 11.5 Å². The van der Waals surface area contributed by atoms with Crippen LogP contribution < -0.4 is 20.5 Å². The summed E-state index contributed by atoms with van der Waals surface area (Å²) in [6.45, 7) is 2.56. The van der Waals surface area contributed by atoms with E-state index in [-0.39, 0.29) is 0 Å². The fourth-order valence-corrected chi connectivity index (χ4v) is 2.80. The van der Waals surface area contributed by atoms with E-state index in [1.165, 1.54) is 0 Å². The summed E-state index contributed by atoms with van der Waals surface area (Å²) in [6.07, 6.45) is 0. The van der Waals surface area contributed by atoms with E-state index in [9.17, 15) is 0 Å². The zero-order valence-electron chi connectivity index (χ0n) is 15.2. The topological polar surface area (TPSA) is 69.4 Å². The molecule has 0 saturated carbocycles. The molecule has 0 bridgehead atoms. The zero-order chi connectivity index (χ0) is 18.5. The van der Waals surface area contributed by atoms with Crippen LogP contribution >= 0.6 is 0 Å². The van der Waals surface area contributed by atoms with Crippen molar-refractivity contribution in [1.82, 2.24) is 4.98 Å². The predicted octanol–water partition coefficient (Wildman–Crippen LogP) is 4.27. The lowest BCUT2D eigenvalue weighted by Gasteiger charge is -2.14. The minimum absolute atomic E-state index is 0.506. The van der Waals surface area contributed by atoms with Gasteiger partial charge in [0.15, 0.2) is 0 Å². The second-order valence-electron chi connectivity index (χ2n) is 6.01. The number of benzene rings is 2. The van der Waals surface area contributed by atoms with Crippen LogP contribution in [0.4, 0.5) is 11.5 Å². The number of aryl methyl sites for hydroxylation is 1. The number of nitrogens with zero attached hydrogens (tertiary/aromatic N) is 1. The smallest absolute Gasteiger partial charge is 0.147 e. The van der Waals surface area contributed by atoms with Crippen LogP contribution in [-0.2, 0) is 6.54 Å². The molecule has 0 radical (unpaired) electrons. The number of rotatable bonds is 6. The lowest BCUT2D eigenvalue weighted by molar-refractivity contribution is 0.413. The van der Waals surface area contributed by atoms with Crippen molar-refractivity contribution in [2.45, 2.75) is 13.5 Å². The lowest BCUT2D eigenvalue weighted by atomic mass is 10.0. The average molecular weight is 349 g/mol. The summed E-state index contributed by atoms with van der Waals surface area (Å²) in [5, 5.41) is 3.34. The summed E-state index contributed by atoms with van der Waals surface area (Å²) in [5.74, 6) is 2.14. The van der Waals surface area contributed by atoms with E-state index in [0.717, 1.165) is 39.6 Å². The lowest BCUT2D eigenvalue weighted by Crippen LogP contribution is -2.04. The molecule has 0 amide bonds. The van der Waals surface area contributed by atoms with E-state index >= 15 is 0 Å². The molecular formula is C21H23N3O2. The molecule has 3 aromatic rings. The molecule has 3 rings (SSSR count). The molecule has 0 spiro atoms. The summed E-state index contributed by atoms with van der Waals surface area (Å²) in [6, 6.07) is 17.9. The summed E-state index contributed by atoms with van der Waals surface area (Å²) in [7, 11) is 3.34. The molecule has 3 N–H and O–H groups in total. The molecule has 5 nitrogen and oxygen atoms in total. The Hall–Kier alpha value is -3.21. The van der Waals surface area contributed by atoms with Crippen LogP contribution in [0.2, 0.25) is 0 Å². The highest BCUT2D eigenvalue weighted by atomic mass is 16.5. The third-order valence-corrected chi connectivity index (χ3v) is 4.19. The van der Waals surface area contributed by atoms with Crippen LogP contribution in [0.15, 0.2) is 54.6 Å². The Bertz CT molecular complexity index is 910. The van der Waals surface area contributed by atoms with Crippen molar-refractivity contribution < 1.29 is 9.47 Å². The SMILES string of the molecule is COc1cccc(-c2cc(CNc3ccc(C)nc3N)ccc2OC)c1. The maximum Gasteiger partial charge on any atom is 0.147 e. The number of methoxy groups -OCH3 is 2. The van der Waals surface area contributed by atoms with Crippen molar-refractivity contribution in [3.8, 4) is 22.6 Å². The number of nitrogens with two attached hydrogens (primary N) is 1. The van der Waals surface area contributed by atoms with Crippen molar-refractivity contribution >= 4 is 11.5 Å². The van der Waals surface area contributed by atoms with Crippen molar-refractivity contribution in [2.75, 3.05) is 25.3 Å². The van der Waals surface area contributed by atoms with Gasteiger partial charge < -0.3 is 20.5 Å². The highest BCUT2D eigenvalue weighted by molar-refractivity contribution is 5.72. The van der Waals surface area contributed by atoms with E-state index in [1.807, 2.05) is 55.5 Å². The molecule has 0 aliphatic carbocycles. The van der Waals surface area contributed by atoms with Gasteiger partial charge >= 0.3 is 0 Å². The molecule has 2 aromatic carbocycles. The molecule has 26 heavy (non-hydrogen) atoms. The number of aromatic nitrogens is 1. The quantitative estimate of drug-likeness (QED) is 0.695. The maximum absolute atomic E-state index is 5.98. The zero-order valence-corrected chi connectivity index (χ0v) is 15.2. The molecule has 1 heterocycles. The Balaban J connectivity index is 1.87. The summed E-state index contributed by atoms with van der Waals surface area (Å²) >= 11 is 0. The first-order chi connectivity index (χ1) is 12.6. The minimum Gasteiger partial charge on any atom is -0.497 e. The Morgan fingerprint density at radius 1 is 1.00 bits per heavy atom. The largest absolute Gasteiger partial charge is 0.497 e. The second-order valence-corrected chi connectivity index (χ2v) is 6.01. The van der Waals surface area contributed by atoms with E-state index in [4.69, 9.17) is 15.2 Å². The van der Waals surface area contributed by atoms with Crippen LogP contribution in [0.25, 0.3) is 11.1 Å². The number of nitrogens with one attached hydrogen (secondary N) is 1. The van der Waals surface area contributed by atoms with E-state index in [1.54, 1.807) is 14.2 Å². The molecule has 0 fully saturated rings. The predicted molar refractivity (Wildman–Crippen MR) is 106 cm³/mol.